The van der Waals surface area contributed by atoms with E-state index in [2.05, 4.69) is 12.2 Å². The summed E-state index contributed by atoms with van der Waals surface area (Å²) >= 11 is 0. The van der Waals surface area contributed by atoms with Gasteiger partial charge in [-0.1, -0.05) is 86.1 Å². The molecular formula is C29H26N2O2. The molecule has 0 unspecified atom stereocenters. The number of rotatable bonds is 7. The van der Waals surface area contributed by atoms with Crippen molar-refractivity contribution in [3.8, 4) is 0 Å². The number of unbranched alkanes of at least 4 members (excludes halogenated alkanes) is 1. The quantitative estimate of drug-likeness (QED) is 0.367. The van der Waals surface area contributed by atoms with E-state index in [1.54, 1.807) is 0 Å². The van der Waals surface area contributed by atoms with Crippen molar-refractivity contribution in [2.75, 3.05) is 16.8 Å². The fourth-order valence-electron chi connectivity index (χ4n) is 4.68. The first-order chi connectivity index (χ1) is 16.2. The maximum Gasteiger partial charge on any atom is 0.258 e. The lowest BCUT2D eigenvalue weighted by atomic mass is 9.90. The summed E-state index contributed by atoms with van der Waals surface area (Å²) in [6.45, 7) is 2.83. The van der Waals surface area contributed by atoms with Gasteiger partial charge in [-0.3, -0.25) is 9.59 Å². The Hall–Kier alpha value is -3.92. The fraction of sp³-hybridized carbons (Fsp3) is 0.172. The minimum atomic E-state index is -0.432. The van der Waals surface area contributed by atoms with Crippen molar-refractivity contribution < 1.29 is 9.59 Å². The van der Waals surface area contributed by atoms with Gasteiger partial charge in [0.2, 0.25) is 5.91 Å². The first-order valence-electron chi connectivity index (χ1n) is 11.5. The van der Waals surface area contributed by atoms with Gasteiger partial charge in [0.15, 0.2) is 0 Å². The maximum absolute atomic E-state index is 13.6. The first-order valence-corrected chi connectivity index (χ1v) is 11.5. The molecule has 0 fully saturated rings. The fourth-order valence-corrected chi connectivity index (χ4v) is 4.68. The molecule has 4 nitrogen and oxygen atoms in total. The summed E-state index contributed by atoms with van der Waals surface area (Å²) in [6, 6.07) is 29.3. The Bertz CT molecular complexity index is 1280. The maximum atomic E-state index is 13.6. The molecule has 5 rings (SSSR count). The second-order valence-corrected chi connectivity index (χ2v) is 8.41. The Kier molecular flexibility index (Phi) is 5.66. The van der Waals surface area contributed by atoms with E-state index in [4.69, 9.17) is 0 Å². The topological polar surface area (TPSA) is 49.4 Å². The molecule has 2 amide bonds. The summed E-state index contributed by atoms with van der Waals surface area (Å²) in [4.78, 5) is 28.5. The molecule has 0 bridgehead atoms. The van der Waals surface area contributed by atoms with E-state index in [1.807, 2.05) is 95.9 Å². The van der Waals surface area contributed by atoms with Gasteiger partial charge in [-0.25, -0.2) is 0 Å². The zero-order valence-corrected chi connectivity index (χ0v) is 18.6. The monoisotopic (exact) mass is 434 g/mol. The van der Waals surface area contributed by atoms with Crippen LogP contribution in [-0.4, -0.2) is 18.4 Å². The first kappa shape index (κ1) is 21.0. The molecule has 0 saturated carbocycles. The molecule has 4 aromatic rings. The molecule has 0 spiro atoms. The van der Waals surface area contributed by atoms with Crippen LogP contribution in [0.25, 0.3) is 10.8 Å². The molecule has 1 aliphatic rings. The highest BCUT2D eigenvalue weighted by atomic mass is 16.2. The van der Waals surface area contributed by atoms with Crippen molar-refractivity contribution in [1.29, 1.82) is 0 Å². The third kappa shape index (κ3) is 3.78. The molecule has 4 heteroatoms. The number of carbonyl (C=O) groups is 2. The van der Waals surface area contributed by atoms with E-state index in [-0.39, 0.29) is 11.8 Å². The molecule has 0 atom stereocenters. The lowest BCUT2D eigenvalue weighted by Gasteiger charge is -2.20. The highest BCUT2D eigenvalue weighted by molar-refractivity contribution is 6.27. The van der Waals surface area contributed by atoms with Gasteiger partial charge in [0.25, 0.3) is 5.91 Å². The molecular weight excluding hydrogens is 408 g/mol. The predicted octanol–water partition coefficient (Wildman–Crippen LogP) is 6.37. The van der Waals surface area contributed by atoms with Gasteiger partial charge in [-0.2, -0.15) is 0 Å². The van der Waals surface area contributed by atoms with Crippen LogP contribution in [0, 0.1) is 0 Å². The number of nitrogens with one attached hydrogen (secondary N) is 1. The average Bonchev–Trinajstić information content (AvgIpc) is 3.13. The minimum absolute atomic E-state index is 0.0407. The zero-order valence-electron chi connectivity index (χ0n) is 18.6. The van der Waals surface area contributed by atoms with E-state index in [1.165, 1.54) is 0 Å². The van der Waals surface area contributed by atoms with Gasteiger partial charge in [-0.15, -0.1) is 0 Å². The van der Waals surface area contributed by atoms with Crippen molar-refractivity contribution >= 4 is 34.0 Å². The van der Waals surface area contributed by atoms with Crippen LogP contribution in [0.3, 0.4) is 0 Å². The number of carbonyl (C=O) groups excluding carboxylic acids is 2. The lowest BCUT2D eigenvalue weighted by molar-refractivity contribution is -0.116. The Morgan fingerprint density at radius 1 is 0.848 bits per heavy atom. The van der Waals surface area contributed by atoms with Crippen molar-refractivity contribution in [1.82, 2.24) is 0 Å². The van der Waals surface area contributed by atoms with E-state index in [0.717, 1.165) is 46.1 Å². The summed E-state index contributed by atoms with van der Waals surface area (Å²) < 4.78 is 0. The van der Waals surface area contributed by atoms with E-state index < -0.39 is 5.92 Å². The standard InChI is InChI=1S/C29H26N2O2/c1-2-3-19-31-25-18-17-24(22-15-10-16-23(27(22)25)29(31)33)30-28(32)26(20-11-6-4-7-12-20)21-13-8-5-9-14-21/h4-18,26H,2-3,19H2,1H3,(H,30,32). The summed E-state index contributed by atoms with van der Waals surface area (Å²) in [5, 5.41) is 4.99. The molecule has 0 radical (unpaired) electrons. The van der Waals surface area contributed by atoms with Crippen molar-refractivity contribution in [3.05, 3.63) is 108 Å². The van der Waals surface area contributed by atoms with Gasteiger partial charge in [0.1, 0.15) is 0 Å². The van der Waals surface area contributed by atoms with Crippen LogP contribution < -0.4 is 10.2 Å². The number of anilines is 2. The Morgan fingerprint density at radius 2 is 1.52 bits per heavy atom. The summed E-state index contributed by atoms with van der Waals surface area (Å²) in [7, 11) is 0. The largest absolute Gasteiger partial charge is 0.325 e. The summed E-state index contributed by atoms with van der Waals surface area (Å²) in [6.07, 6.45) is 1.98. The second kappa shape index (κ2) is 8.91. The number of hydrogen-bond acceptors (Lipinski definition) is 2. The Balaban J connectivity index is 1.54. The smallest absolute Gasteiger partial charge is 0.258 e. The van der Waals surface area contributed by atoms with Gasteiger partial charge in [-0.05, 0) is 35.7 Å². The highest BCUT2D eigenvalue weighted by Crippen LogP contribution is 2.41. The van der Waals surface area contributed by atoms with Gasteiger partial charge >= 0.3 is 0 Å². The number of benzene rings is 4. The molecule has 33 heavy (non-hydrogen) atoms. The van der Waals surface area contributed by atoms with E-state index in [0.29, 0.717) is 12.1 Å². The second-order valence-electron chi connectivity index (χ2n) is 8.41. The molecule has 0 aromatic heterocycles. The van der Waals surface area contributed by atoms with E-state index >= 15 is 0 Å². The van der Waals surface area contributed by atoms with Crippen LogP contribution >= 0.6 is 0 Å². The summed E-state index contributed by atoms with van der Waals surface area (Å²) in [5.74, 6) is -0.489. The van der Waals surface area contributed by atoms with Crippen LogP contribution in [0.1, 0.15) is 47.2 Å². The Morgan fingerprint density at radius 3 is 2.15 bits per heavy atom. The number of nitrogens with zero attached hydrogens (tertiary/aromatic N) is 1. The third-order valence-corrected chi connectivity index (χ3v) is 6.31. The lowest BCUT2D eigenvalue weighted by Crippen LogP contribution is -2.27. The predicted molar refractivity (Wildman–Crippen MR) is 134 cm³/mol. The van der Waals surface area contributed by atoms with Crippen LogP contribution in [0.4, 0.5) is 11.4 Å². The third-order valence-electron chi connectivity index (χ3n) is 6.31. The van der Waals surface area contributed by atoms with Crippen molar-refractivity contribution in [3.63, 3.8) is 0 Å². The van der Waals surface area contributed by atoms with Crippen LogP contribution in [0.15, 0.2) is 91.0 Å². The zero-order chi connectivity index (χ0) is 22.8. The van der Waals surface area contributed by atoms with Crippen LogP contribution in [0.5, 0.6) is 0 Å². The SMILES string of the molecule is CCCCN1C(=O)c2cccc3c(NC(=O)C(c4ccccc4)c4ccccc4)ccc1c23. The van der Waals surface area contributed by atoms with Gasteiger partial charge < -0.3 is 10.2 Å². The highest BCUT2D eigenvalue weighted by Gasteiger charge is 2.31. The Labute approximate surface area is 193 Å². The molecule has 0 aliphatic carbocycles. The van der Waals surface area contributed by atoms with E-state index in [9.17, 15) is 9.59 Å². The van der Waals surface area contributed by atoms with Gasteiger partial charge in [0, 0.05) is 28.6 Å². The normalized spacial score (nSPS) is 12.5. The molecule has 0 saturated heterocycles. The molecule has 4 aromatic carbocycles. The minimum Gasteiger partial charge on any atom is -0.325 e. The number of hydrogen-bond donors (Lipinski definition) is 1. The molecule has 1 heterocycles. The molecule has 164 valence electrons. The molecule has 1 aliphatic heterocycles. The van der Waals surface area contributed by atoms with Gasteiger partial charge in [0.05, 0.1) is 11.6 Å². The average molecular weight is 435 g/mol. The van der Waals surface area contributed by atoms with Crippen LogP contribution in [-0.2, 0) is 4.79 Å². The number of amides is 2. The van der Waals surface area contributed by atoms with Crippen LogP contribution in [0.2, 0.25) is 0 Å². The van der Waals surface area contributed by atoms with Crippen molar-refractivity contribution in [2.45, 2.75) is 25.7 Å². The molecule has 1 N–H and O–H groups in total. The summed E-state index contributed by atoms with van der Waals surface area (Å²) in [5.41, 5.74) is 4.24. The van der Waals surface area contributed by atoms with Crippen molar-refractivity contribution in [2.24, 2.45) is 0 Å².